The van der Waals surface area contributed by atoms with Crippen LogP contribution in [0.5, 0.6) is 0 Å². The molecule has 3 heteroatoms. The molecule has 1 amide bonds. The van der Waals surface area contributed by atoms with Crippen LogP contribution in [0.3, 0.4) is 0 Å². The fourth-order valence-corrected chi connectivity index (χ4v) is 1.77. The third-order valence-electron chi connectivity index (χ3n) is 2.73. The maximum absolute atomic E-state index is 12.0. The summed E-state index contributed by atoms with van der Waals surface area (Å²) in [6, 6.07) is 0. The van der Waals surface area contributed by atoms with Crippen LogP contribution >= 0.6 is 0 Å². The Morgan fingerprint density at radius 2 is 2.07 bits per heavy atom. The molecule has 1 saturated carbocycles. The fraction of sp³-hybridized carbons (Fsp3) is 0.909. The molecule has 1 aliphatic rings. The minimum atomic E-state index is -0.418. The van der Waals surface area contributed by atoms with Gasteiger partial charge in [0.1, 0.15) is 0 Å². The second-order valence-electron chi connectivity index (χ2n) is 4.78. The highest BCUT2D eigenvalue weighted by molar-refractivity contribution is 5.85. The number of hydrogen-bond acceptors (Lipinski definition) is 2. The Morgan fingerprint density at radius 3 is 2.50 bits per heavy atom. The Hall–Kier alpha value is -0.570. The quantitative estimate of drug-likeness (QED) is 0.721. The molecule has 14 heavy (non-hydrogen) atoms. The van der Waals surface area contributed by atoms with Crippen molar-refractivity contribution in [2.24, 2.45) is 5.92 Å². The van der Waals surface area contributed by atoms with Crippen molar-refractivity contribution in [1.82, 2.24) is 10.2 Å². The van der Waals surface area contributed by atoms with Gasteiger partial charge in [-0.25, -0.2) is 0 Å². The van der Waals surface area contributed by atoms with Gasteiger partial charge in [-0.1, -0.05) is 6.92 Å². The number of rotatable bonds is 5. The van der Waals surface area contributed by atoms with E-state index in [1.807, 2.05) is 32.7 Å². The number of likely N-dealkylation sites (N-methyl/N-ethyl adjacent to an activating group) is 2. The third-order valence-corrected chi connectivity index (χ3v) is 2.73. The first-order chi connectivity index (χ1) is 6.47. The molecule has 1 rings (SSSR count). The Morgan fingerprint density at radius 1 is 1.50 bits per heavy atom. The van der Waals surface area contributed by atoms with Crippen LogP contribution in [0.1, 0.15) is 33.6 Å². The molecule has 0 unspecified atom stereocenters. The van der Waals surface area contributed by atoms with Crippen molar-refractivity contribution in [2.45, 2.75) is 39.2 Å². The summed E-state index contributed by atoms with van der Waals surface area (Å²) in [6.07, 6.45) is 2.58. The molecule has 0 saturated heterocycles. The van der Waals surface area contributed by atoms with Crippen LogP contribution in [0, 0.1) is 5.92 Å². The van der Waals surface area contributed by atoms with Gasteiger partial charge in [0.2, 0.25) is 5.91 Å². The van der Waals surface area contributed by atoms with Gasteiger partial charge in [-0.3, -0.25) is 4.79 Å². The molecular formula is C11H22N2O. The van der Waals surface area contributed by atoms with Crippen molar-refractivity contribution in [2.75, 3.05) is 20.1 Å². The Balaban J connectivity index is 2.43. The SMILES string of the molecule is CCNC(C)(C)C(=O)N(C)CC1CC1. The van der Waals surface area contributed by atoms with Gasteiger partial charge in [-0.15, -0.1) is 0 Å². The van der Waals surface area contributed by atoms with E-state index < -0.39 is 5.54 Å². The lowest BCUT2D eigenvalue weighted by Crippen LogP contribution is -2.53. The van der Waals surface area contributed by atoms with Crippen LogP contribution in [0.4, 0.5) is 0 Å². The molecular weight excluding hydrogens is 176 g/mol. The highest BCUT2D eigenvalue weighted by Gasteiger charge is 2.32. The number of nitrogens with zero attached hydrogens (tertiary/aromatic N) is 1. The van der Waals surface area contributed by atoms with Crippen molar-refractivity contribution in [1.29, 1.82) is 0 Å². The standard InChI is InChI=1S/C11H22N2O/c1-5-12-11(2,3)10(14)13(4)8-9-6-7-9/h9,12H,5-8H2,1-4H3. The van der Waals surface area contributed by atoms with Gasteiger partial charge >= 0.3 is 0 Å². The van der Waals surface area contributed by atoms with E-state index >= 15 is 0 Å². The number of hydrogen-bond donors (Lipinski definition) is 1. The van der Waals surface area contributed by atoms with Crippen molar-refractivity contribution in [3.63, 3.8) is 0 Å². The van der Waals surface area contributed by atoms with E-state index in [2.05, 4.69) is 5.32 Å². The van der Waals surface area contributed by atoms with E-state index in [4.69, 9.17) is 0 Å². The summed E-state index contributed by atoms with van der Waals surface area (Å²) >= 11 is 0. The number of carbonyl (C=O) groups excluding carboxylic acids is 1. The molecule has 0 atom stereocenters. The minimum Gasteiger partial charge on any atom is -0.344 e. The van der Waals surface area contributed by atoms with Crippen LogP contribution < -0.4 is 5.32 Å². The van der Waals surface area contributed by atoms with Gasteiger partial charge < -0.3 is 10.2 Å². The fourth-order valence-electron chi connectivity index (χ4n) is 1.77. The van der Waals surface area contributed by atoms with Crippen molar-refractivity contribution in [3.8, 4) is 0 Å². The second-order valence-corrected chi connectivity index (χ2v) is 4.78. The van der Waals surface area contributed by atoms with E-state index in [1.165, 1.54) is 12.8 Å². The van der Waals surface area contributed by atoms with Crippen LogP contribution in [0.25, 0.3) is 0 Å². The predicted octanol–water partition coefficient (Wildman–Crippen LogP) is 1.24. The van der Waals surface area contributed by atoms with Gasteiger partial charge in [-0.2, -0.15) is 0 Å². The highest BCUT2D eigenvalue weighted by atomic mass is 16.2. The first-order valence-corrected chi connectivity index (χ1v) is 5.48. The molecule has 1 N–H and O–H groups in total. The zero-order valence-corrected chi connectivity index (χ0v) is 9.76. The molecule has 0 spiro atoms. The first kappa shape index (κ1) is 11.5. The van der Waals surface area contributed by atoms with Gasteiger partial charge in [0.05, 0.1) is 5.54 Å². The Labute approximate surface area is 86.9 Å². The van der Waals surface area contributed by atoms with Crippen LogP contribution in [0.15, 0.2) is 0 Å². The minimum absolute atomic E-state index is 0.200. The molecule has 0 aromatic heterocycles. The van der Waals surface area contributed by atoms with E-state index in [-0.39, 0.29) is 5.91 Å². The molecule has 0 aliphatic heterocycles. The van der Waals surface area contributed by atoms with Crippen LogP contribution in [0.2, 0.25) is 0 Å². The third kappa shape index (κ3) is 2.98. The zero-order valence-electron chi connectivity index (χ0n) is 9.76. The van der Waals surface area contributed by atoms with Crippen LogP contribution in [-0.2, 0) is 4.79 Å². The molecule has 1 fully saturated rings. The number of amides is 1. The average Bonchev–Trinajstić information content (AvgIpc) is 2.86. The van der Waals surface area contributed by atoms with Gasteiger partial charge in [0.25, 0.3) is 0 Å². The van der Waals surface area contributed by atoms with E-state index in [9.17, 15) is 4.79 Å². The Kier molecular flexibility index (Phi) is 3.53. The summed E-state index contributed by atoms with van der Waals surface area (Å²) < 4.78 is 0. The molecule has 3 nitrogen and oxygen atoms in total. The lowest BCUT2D eigenvalue weighted by Gasteiger charge is -2.30. The van der Waals surface area contributed by atoms with Crippen molar-refractivity contribution in [3.05, 3.63) is 0 Å². The van der Waals surface area contributed by atoms with Crippen molar-refractivity contribution < 1.29 is 4.79 Å². The molecule has 0 bridgehead atoms. The normalized spacial score (nSPS) is 16.9. The topological polar surface area (TPSA) is 32.3 Å². The molecule has 0 aromatic rings. The van der Waals surface area contributed by atoms with Gasteiger partial charge in [-0.05, 0) is 39.2 Å². The van der Waals surface area contributed by atoms with E-state index in [0.717, 1.165) is 19.0 Å². The van der Waals surface area contributed by atoms with Gasteiger partial charge in [0, 0.05) is 13.6 Å². The maximum Gasteiger partial charge on any atom is 0.242 e. The summed E-state index contributed by atoms with van der Waals surface area (Å²) in [5.74, 6) is 0.965. The molecule has 0 aromatic carbocycles. The largest absolute Gasteiger partial charge is 0.344 e. The molecule has 0 radical (unpaired) electrons. The average molecular weight is 198 g/mol. The zero-order chi connectivity index (χ0) is 10.8. The molecule has 82 valence electrons. The monoisotopic (exact) mass is 198 g/mol. The van der Waals surface area contributed by atoms with Crippen LogP contribution in [-0.4, -0.2) is 36.5 Å². The second kappa shape index (κ2) is 4.30. The molecule has 1 aliphatic carbocycles. The van der Waals surface area contributed by atoms with Gasteiger partial charge in [0.15, 0.2) is 0 Å². The summed E-state index contributed by atoms with van der Waals surface area (Å²) in [5.41, 5.74) is -0.418. The summed E-state index contributed by atoms with van der Waals surface area (Å²) in [5, 5.41) is 3.20. The number of nitrogens with one attached hydrogen (secondary N) is 1. The summed E-state index contributed by atoms with van der Waals surface area (Å²) in [6.45, 7) is 7.67. The molecule has 0 heterocycles. The van der Waals surface area contributed by atoms with E-state index in [0.29, 0.717) is 0 Å². The maximum atomic E-state index is 12.0. The summed E-state index contributed by atoms with van der Waals surface area (Å²) in [7, 11) is 1.90. The Bertz CT molecular complexity index is 209. The lowest BCUT2D eigenvalue weighted by atomic mass is 10.0. The highest BCUT2D eigenvalue weighted by Crippen LogP contribution is 2.29. The lowest BCUT2D eigenvalue weighted by molar-refractivity contribution is -0.135. The predicted molar refractivity (Wildman–Crippen MR) is 58.1 cm³/mol. The number of carbonyl (C=O) groups is 1. The smallest absolute Gasteiger partial charge is 0.242 e. The first-order valence-electron chi connectivity index (χ1n) is 5.48. The van der Waals surface area contributed by atoms with Crippen molar-refractivity contribution >= 4 is 5.91 Å². The summed E-state index contributed by atoms with van der Waals surface area (Å²) in [4.78, 5) is 13.8. The van der Waals surface area contributed by atoms with E-state index in [1.54, 1.807) is 0 Å².